The van der Waals surface area contributed by atoms with Crippen LogP contribution in [0.5, 0.6) is 5.75 Å². The monoisotopic (exact) mass is 282 g/mol. The molecule has 0 aromatic heterocycles. The van der Waals surface area contributed by atoms with Gasteiger partial charge in [-0.05, 0) is 26.0 Å². The number of carbonyl (C=O) groups is 1. The van der Waals surface area contributed by atoms with Gasteiger partial charge in [0.05, 0.1) is 17.1 Å². The molecule has 0 aliphatic rings. The SMILES string of the molecule is CN(C(=O)COc1ccc([N+](=O)[O-])cc1)C(C)(C)CO. The number of likely N-dealkylation sites (N-methyl/N-ethyl adjacent to an activating group) is 1. The lowest BCUT2D eigenvalue weighted by molar-refractivity contribution is -0.384. The lowest BCUT2D eigenvalue weighted by Crippen LogP contribution is -2.49. The molecule has 0 atom stereocenters. The average Bonchev–Trinajstić information content (AvgIpc) is 2.44. The summed E-state index contributed by atoms with van der Waals surface area (Å²) < 4.78 is 5.27. The van der Waals surface area contributed by atoms with Crippen molar-refractivity contribution in [2.75, 3.05) is 20.3 Å². The van der Waals surface area contributed by atoms with Crippen molar-refractivity contribution in [2.24, 2.45) is 0 Å². The van der Waals surface area contributed by atoms with E-state index in [1.54, 1.807) is 20.9 Å². The van der Waals surface area contributed by atoms with Crippen LogP contribution < -0.4 is 4.74 Å². The molecule has 7 heteroatoms. The molecule has 0 aliphatic heterocycles. The quantitative estimate of drug-likeness (QED) is 0.625. The van der Waals surface area contributed by atoms with E-state index in [-0.39, 0.29) is 24.8 Å². The summed E-state index contributed by atoms with van der Waals surface area (Å²) >= 11 is 0. The number of ether oxygens (including phenoxy) is 1. The number of nitro benzene ring substituents is 1. The van der Waals surface area contributed by atoms with Crippen LogP contribution in [0.4, 0.5) is 5.69 Å². The minimum Gasteiger partial charge on any atom is -0.484 e. The van der Waals surface area contributed by atoms with E-state index in [2.05, 4.69) is 0 Å². The van der Waals surface area contributed by atoms with Gasteiger partial charge in [0.15, 0.2) is 6.61 Å². The highest BCUT2D eigenvalue weighted by atomic mass is 16.6. The Bertz CT molecular complexity index is 484. The number of aliphatic hydroxyl groups excluding tert-OH is 1. The molecule has 0 unspecified atom stereocenters. The van der Waals surface area contributed by atoms with Gasteiger partial charge in [0.25, 0.3) is 11.6 Å². The summed E-state index contributed by atoms with van der Waals surface area (Å²) in [5.41, 5.74) is -0.710. The Morgan fingerprint density at radius 2 is 1.95 bits per heavy atom. The molecule has 0 spiro atoms. The van der Waals surface area contributed by atoms with Crippen molar-refractivity contribution in [1.29, 1.82) is 0 Å². The largest absolute Gasteiger partial charge is 0.484 e. The summed E-state index contributed by atoms with van der Waals surface area (Å²) in [6.45, 7) is 3.11. The highest BCUT2D eigenvalue weighted by Gasteiger charge is 2.26. The lowest BCUT2D eigenvalue weighted by atomic mass is 10.1. The minimum absolute atomic E-state index is 0.0396. The van der Waals surface area contributed by atoms with Gasteiger partial charge in [-0.1, -0.05) is 0 Å². The molecule has 1 N–H and O–H groups in total. The molecule has 0 fully saturated rings. The Kier molecular flexibility index (Phi) is 5.04. The first-order valence-corrected chi connectivity index (χ1v) is 6.02. The van der Waals surface area contributed by atoms with Gasteiger partial charge < -0.3 is 14.7 Å². The van der Waals surface area contributed by atoms with E-state index in [0.717, 1.165) is 0 Å². The van der Waals surface area contributed by atoms with Gasteiger partial charge in [-0.2, -0.15) is 0 Å². The topological polar surface area (TPSA) is 92.9 Å². The molecule has 1 rings (SSSR count). The number of nitro groups is 1. The molecular formula is C13H18N2O5. The summed E-state index contributed by atoms with van der Waals surface area (Å²) in [4.78, 5) is 23.3. The second-order valence-electron chi connectivity index (χ2n) is 4.96. The summed E-state index contributed by atoms with van der Waals surface area (Å²) in [5.74, 6) is 0.0848. The average molecular weight is 282 g/mol. The fourth-order valence-electron chi connectivity index (χ4n) is 1.35. The number of aliphatic hydroxyl groups is 1. The maximum absolute atomic E-state index is 11.9. The van der Waals surface area contributed by atoms with Crippen LogP contribution in [0.15, 0.2) is 24.3 Å². The number of rotatable bonds is 6. The third kappa shape index (κ3) is 3.92. The first-order valence-electron chi connectivity index (χ1n) is 6.02. The Hall–Kier alpha value is -2.15. The number of carbonyl (C=O) groups excluding carboxylic acids is 1. The van der Waals surface area contributed by atoms with E-state index in [9.17, 15) is 20.0 Å². The Morgan fingerprint density at radius 3 is 2.40 bits per heavy atom. The Labute approximate surface area is 116 Å². The van der Waals surface area contributed by atoms with Crippen LogP contribution in [0.1, 0.15) is 13.8 Å². The number of nitrogens with zero attached hydrogens (tertiary/aromatic N) is 2. The van der Waals surface area contributed by atoms with Crippen molar-refractivity contribution >= 4 is 11.6 Å². The normalized spacial score (nSPS) is 11.0. The van der Waals surface area contributed by atoms with E-state index in [4.69, 9.17) is 4.74 Å². The van der Waals surface area contributed by atoms with Crippen LogP contribution >= 0.6 is 0 Å². The summed E-state index contributed by atoms with van der Waals surface area (Å²) in [6, 6.07) is 5.48. The van der Waals surface area contributed by atoms with Crippen LogP contribution in [-0.2, 0) is 4.79 Å². The van der Waals surface area contributed by atoms with E-state index < -0.39 is 10.5 Å². The zero-order valence-corrected chi connectivity index (χ0v) is 11.7. The van der Waals surface area contributed by atoms with Crippen molar-refractivity contribution < 1.29 is 19.6 Å². The zero-order valence-electron chi connectivity index (χ0n) is 11.7. The molecule has 1 aromatic carbocycles. The van der Waals surface area contributed by atoms with Gasteiger partial charge in [-0.25, -0.2) is 0 Å². The molecule has 1 aromatic rings. The fraction of sp³-hybridized carbons (Fsp3) is 0.462. The van der Waals surface area contributed by atoms with Crippen LogP contribution in [0.3, 0.4) is 0 Å². The molecule has 7 nitrogen and oxygen atoms in total. The Balaban J connectivity index is 2.59. The highest BCUT2D eigenvalue weighted by molar-refractivity contribution is 5.78. The molecule has 0 heterocycles. The van der Waals surface area contributed by atoms with Gasteiger partial charge in [0.2, 0.25) is 0 Å². The van der Waals surface area contributed by atoms with Crippen LogP contribution in [-0.4, -0.2) is 46.6 Å². The van der Waals surface area contributed by atoms with Crippen molar-refractivity contribution in [3.63, 3.8) is 0 Å². The van der Waals surface area contributed by atoms with E-state index in [1.165, 1.54) is 29.2 Å². The van der Waals surface area contributed by atoms with Crippen LogP contribution in [0, 0.1) is 10.1 Å². The molecule has 0 saturated carbocycles. The second-order valence-corrected chi connectivity index (χ2v) is 4.96. The molecule has 1 amide bonds. The number of hydrogen-bond acceptors (Lipinski definition) is 5. The van der Waals surface area contributed by atoms with E-state index in [0.29, 0.717) is 5.75 Å². The van der Waals surface area contributed by atoms with Crippen molar-refractivity contribution in [2.45, 2.75) is 19.4 Å². The third-order valence-corrected chi connectivity index (χ3v) is 3.08. The maximum atomic E-state index is 11.9. The van der Waals surface area contributed by atoms with Crippen molar-refractivity contribution in [3.8, 4) is 5.75 Å². The number of benzene rings is 1. The van der Waals surface area contributed by atoms with Crippen LogP contribution in [0.2, 0.25) is 0 Å². The first-order chi connectivity index (χ1) is 9.27. The molecule has 0 bridgehead atoms. The number of non-ortho nitro benzene ring substituents is 1. The van der Waals surface area contributed by atoms with E-state index >= 15 is 0 Å². The Morgan fingerprint density at radius 1 is 1.40 bits per heavy atom. The second kappa shape index (κ2) is 6.33. The predicted molar refractivity (Wildman–Crippen MR) is 72.5 cm³/mol. The highest BCUT2D eigenvalue weighted by Crippen LogP contribution is 2.18. The van der Waals surface area contributed by atoms with Gasteiger partial charge in [-0.3, -0.25) is 14.9 Å². The molecule has 0 aliphatic carbocycles. The van der Waals surface area contributed by atoms with Crippen LogP contribution in [0.25, 0.3) is 0 Å². The summed E-state index contributed by atoms with van der Waals surface area (Å²) in [7, 11) is 1.58. The predicted octanol–water partition coefficient (Wildman–Crippen LogP) is 1.20. The van der Waals surface area contributed by atoms with Gasteiger partial charge >= 0.3 is 0 Å². The van der Waals surface area contributed by atoms with Gasteiger partial charge in [0, 0.05) is 19.2 Å². The minimum atomic E-state index is -0.671. The molecular weight excluding hydrogens is 264 g/mol. The molecule has 0 radical (unpaired) electrons. The molecule has 20 heavy (non-hydrogen) atoms. The maximum Gasteiger partial charge on any atom is 0.269 e. The molecule has 110 valence electrons. The lowest BCUT2D eigenvalue weighted by Gasteiger charge is -2.33. The van der Waals surface area contributed by atoms with E-state index in [1.807, 2.05) is 0 Å². The van der Waals surface area contributed by atoms with Gasteiger partial charge in [-0.15, -0.1) is 0 Å². The first kappa shape index (κ1) is 15.9. The summed E-state index contributed by atoms with van der Waals surface area (Å²) in [5, 5.41) is 19.7. The number of hydrogen-bond donors (Lipinski definition) is 1. The standard InChI is InChI=1S/C13H18N2O5/c1-13(2,9-16)14(3)12(17)8-20-11-6-4-10(5-7-11)15(18)19/h4-7,16H,8-9H2,1-3H3. The smallest absolute Gasteiger partial charge is 0.269 e. The fourth-order valence-corrected chi connectivity index (χ4v) is 1.35. The number of amides is 1. The van der Waals surface area contributed by atoms with Gasteiger partial charge in [0.1, 0.15) is 5.75 Å². The zero-order chi connectivity index (χ0) is 15.3. The molecule has 0 saturated heterocycles. The van der Waals surface area contributed by atoms with Crippen molar-refractivity contribution in [3.05, 3.63) is 34.4 Å². The third-order valence-electron chi connectivity index (χ3n) is 3.08. The summed E-state index contributed by atoms with van der Waals surface area (Å²) in [6.07, 6.45) is 0. The van der Waals surface area contributed by atoms with Crippen molar-refractivity contribution in [1.82, 2.24) is 4.90 Å².